The first-order chi connectivity index (χ1) is 12.5. The van der Waals surface area contributed by atoms with Crippen molar-refractivity contribution in [2.24, 2.45) is 10.9 Å². The Bertz CT molecular complexity index is 575. The van der Waals surface area contributed by atoms with Crippen LogP contribution < -0.4 is 14.8 Å². The number of methoxy groups -OCH3 is 1. The van der Waals surface area contributed by atoms with Crippen molar-refractivity contribution in [2.45, 2.75) is 26.9 Å². The maximum atomic E-state index is 6.01. The number of benzene rings is 1. The number of rotatable bonds is 7. The summed E-state index contributed by atoms with van der Waals surface area (Å²) < 4.78 is 11.4. The number of hydrogen-bond acceptors (Lipinski definition) is 4. The Morgan fingerprint density at radius 1 is 1.11 bits per heavy atom. The number of para-hydroxylation sites is 2. The predicted molar refractivity (Wildman–Crippen MR) is 123 cm³/mol. The summed E-state index contributed by atoms with van der Waals surface area (Å²) in [6, 6.07) is 7.73. The van der Waals surface area contributed by atoms with Crippen LogP contribution in [0.3, 0.4) is 0 Å². The van der Waals surface area contributed by atoms with Crippen molar-refractivity contribution in [2.75, 3.05) is 53.4 Å². The fourth-order valence-electron chi connectivity index (χ4n) is 3.20. The molecule has 1 aliphatic rings. The van der Waals surface area contributed by atoms with Crippen molar-refractivity contribution in [3.63, 3.8) is 0 Å². The standard InChI is InChI=1S/C20H34N4O2.HI/c1-16(2)15-23-10-12-24(13-11-23)20(21-4)22-14-17(3)26-19-9-7-6-8-18(19)25-5;/h6-9,16-17H,10-15H2,1-5H3,(H,21,22);1H. The molecule has 1 heterocycles. The van der Waals surface area contributed by atoms with E-state index in [0.29, 0.717) is 12.5 Å². The first kappa shape index (κ1) is 23.8. The highest BCUT2D eigenvalue weighted by Crippen LogP contribution is 2.26. The molecule has 1 fully saturated rings. The number of ether oxygens (including phenoxy) is 2. The van der Waals surface area contributed by atoms with Crippen molar-refractivity contribution < 1.29 is 9.47 Å². The quantitative estimate of drug-likeness (QED) is 0.362. The number of aliphatic imine (C=N–C) groups is 1. The largest absolute Gasteiger partial charge is 0.493 e. The van der Waals surface area contributed by atoms with E-state index in [1.807, 2.05) is 38.2 Å². The van der Waals surface area contributed by atoms with E-state index >= 15 is 0 Å². The second-order valence-corrected chi connectivity index (χ2v) is 7.19. The van der Waals surface area contributed by atoms with Gasteiger partial charge in [-0.1, -0.05) is 26.0 Å². The summed E-state index contributed by atoms with van der Waals surface area (Å²) in [6.07, 6.45) is 0.00489. The summed E-state index contributed by atoms with van der Waals surface area (Å²) in [6.45, 7) is 12.7. The van der Waals surface area contributed by atoms with E-state index < -0.39 is 0 Å². The lowest BCUT2D eigenvalue weighted by Crippen LogP contribution is -2.53. The molecule has 1 aliphatic heterocycles. The minimum Gasteiger partial charge on any atom is -0.493 e. The van der Waals surface area contributed by atoms with E-state index in [-0.39, 0.29) is 30.1 Å². The van der Waals surface area contributed by atoms with Gasteiger partial charge in [0.25, 0.3) is 0 Å². The molecule has 1 unspecified atom stereocenters. The highest BCUT2D eigenvalue weighted by molar-refractivity contribution is 14.0. The topological polar surface area (TPSA) is 49.3 Å². The lowest BCUT2D eigenvalue weighted by Gasteiger charge is -2.37. The molecule has 0 aliphatic carbocycles. The normalized spacial score (nSPS) is 16.7. The zero-order valence-electron chi connectivity index (χ0n) is 17.3. The highest BCUT2D eigenvalue weighted by Gasteiger charge is 2.20. The molecule has 0 saturated carbocycles. The van der Waals surface area contributed by atoms with Gasteiger partial charge < -0.3 is 19.7 Å². The molecule has 0 amide bonds. The summed E-state index contributed by atoms with van der Waals surface area (Å²) in [7, 11) is 3.50. The summed E-state index contributed by atoms with van der Waals surface area (Å²) in [4.78, 5) is 9.30. The summed E-state index contributed by atoms with van der Waals surface area (Å²) >= 11 is 0. The van der Waals surface area contributed by atoms with Crippen LogP contribution in [0, 0.1) is 5.92 Å². The third-order valence-corrected chi connectivity index (χ3v) is 4.45. The predicted octanol–water partition coefficient (Wildman–Crippen LogP) is 2.93. The van der Waals surface area contributed by atoms with Gasteiger partial charge in [0.15, 0.2) is 17.5 Å². The molecular weight excluding hydrogens is 455 g/mol. The lowest BCUT2D eigenvalue weighted by molar-refractivity contribution is 0.162. The fourth-order valence-corrected chi connectivity index (χ4v) is 3.20. The maximum Gasteiger partial charge on any atom is 0.193 e. The van der Waals surface area contributed by atoms with Crippen LogP contribution in [0.2, 0.25) is 0 Å². The maximum absolute atomic E-state index is 6.01. The van der Waals surface area contributed by atoms with E-state index in [1.165, 1.54) is 6.54 Å². The second-order valence-electron chi connectivity index (χ2n) is 7.19. The average Bonchev–Trinajstić information content (AvgIpc) is 2.63. The number of nitrogens with zero attached hydrogens (tertiary/aromatic N) is 3. The molecule has 0 radical (unpaired) electrons. The number of hydrogen-bond donors (Lipinski definition) is 1. The molecule has 0 bridgehead atoms. The molecule has 7 heteroatoms. The van der Waals surface area contributed by atoms with E-state index in [1.54, 1.807) is 7.11 Å². The number of guanidine groups is 1. The lowest BCUT2D eigenvalue weighted by atomic mass is 10.2. The van der Waals surface area contributed by atoms with Gasteiger partial charge in [-0.15, -0.1) is 24.0 Å². The molecule has 1 aromatic carbocycles. The van der Waals surface area contributed by atoms with Crippen LogP contribution in [0.4, 0.5) is 0 Å². The van der Waals surface area contributed by atoms with Crippen LogP contribution >= 0.6 is 24.0 Å². The molecule has 27 heavy (non-hydrogen) atoms. The van der Waals surface area contributed by atoms with Gasteiger partial charge in [-0.05, 0) is 25.0 Å². The number of halogens is 1. The molecule has 6 nitrogen and oxygen atoms in total. The van der Waals surface area contributed by atoms with Gasteiger partial charge in [0, 0.05) is 39.8 Å². The van der Waals surface area contributed by atoms with Crippen LogP contribution in [0.5, 0.6) is 11.5 Å². The molecule has 1 saturated heterocycles. The minimum atomic E-state index is 0. The smallest absolute Gasteiger partial charge is 0.193 e. The SMILES string of the molecule is CN=C(NCC(C)Oc1ccccc1OC)N1CCN(CC(C)C)CC1.I. The van der Waals surface area contributed by atoms with Crippen molar-refractivity contribution in [3.8, 4) is 11.5 Å². The van der Waals surface area contributed by atoms with Gasteiger partial charge >= 0.3 is 0 Å². The van der Waals surface area contributed by atoms with Crippen molar-refractivity contribution >= 4 is 29.9 Å². The molecular formula is C20H35IN4O2. The summed E-state index contributed by atoms with van der Waals surface area (Å²) in [5.74, 6) is 3.18. The second kappa shape index (κ2) is 12.3. The van der Waals surface area contributed by atoms with Gasteiger partial charge in [-0.2, -0.15) is 0 Å². The molecule has 1 atom stereocenters. The monoisotopic (exact) mass is 490 g/mol. The fraction of sp³-hybridized carbons (Fsp3) is 0.650. The van der Waals surface area contributed by atoms with Gasteiger partial charge in [-0.3, -0.25) is 9.89 Å². The molecule has 0 aromatic heterocycles. The van der Waals surface area contributed by atoms with Crippen molar-refractivity contribution in [1.82, 2.24) is 15.1 Å². The highest BCUT2D eigenvalue weighted by atomic mass is 127. The molecule has 1 aromatic rings. The van der Waals surface area contributed by atoms with Crippen molar-refractivity contribution in [3.05, 3.63) is 24.3 Å². The Hall–Kier alpha value is -1.22. The Kier molecular flexibility index (Phi) is 10.8. The first-order valence-corrected chi connectivity index (χ1v) is 9.51. The first-order valence-electron chi connectivity index (χ1n) is 9.51. The van der Waals surface area contributed by atoms with Crippen LogP contribution in [0.15, 0.2) is 29.3 Å². The third kappa shape index (κ3) is 7.73. The summed E-state index contributed by atoms with van der Waals surface area (Å²) in [5, 5.41) is 3.44. The molecule has 2 rings (SSSR count). The van der Waals surface area contributed by atoms with Gasteiger partial charge in [0.1, 0.15) is 6.10 Å². The van der Waals surface area contributed by atoms with Crippen LogP contribution in [0.1, 0.15) is 20.8 Å². The van der Waals surface area contributed by atoms with Crippen LogP contribution in [0.25, 0.3) is 0 Å². The molecule has 154 valence electrons. The molecule has 0 spiro atoms. The van der Waals surface area contributed by atoms with E-state index in [9.17, 15) is 0 Å². The van der Waals surface area contributed by atoms with Crippen LogP contribution in [-0.4, -0.2) is 75.3 Å². The zero-order chi connectivity index (χ0) is 18.9. The Morgan fingerprint density at radius 2 is 1.74 bits per heavy atom. The Balaban J connectivity index is 0.00000364. The third-order valence-electron chi connectivity index (χ3n) is 4.45. The van der Waals surface area contributed by atoms with E-state index in [0.717, 1.165) is 43.6 Å². The van der Waals surface area contributed by atoms with E-state index in [2.05, 4.69) is 34.0 Å². The summed E-state index contributed by atoms with van der Waals surface area (Å²) in [5.41, 5.74) is 0. The molecule has 1 N–H and O–H groups in total. The van der Waals surface area contributed by atoms with Gasteiger partial charge in [-0.25, -0.2) is 0 Å². The number of piperazine rings is 1. The van der Waals surface area contributed by atoms with Crippen molar-refractivity contribution in [1.29, 1.82) is 0 Å². The Labute approximate surface area is 181 Å². The van der Waals surface area contributed by atoms with Crippen LogP contribution in [-0.2, 0) is 0 Å². The van der Waals surface area contributed by atoms with E-state index in [4.69, 9.17) is 9.47 Å². The zero-order valence-corrected chi connectivity index (χ0v) is 19.6. The Morgan fingerprint density at radius 3 is 2.30 bits per heavy atom. The minimum absolute atomic E-state index is 0. The average molecular weight is 490 g/mol. The van der Waals surface area contributed by atoms with Gasteiger partial charge in [0.2, 0.25) is 0 Å². The van der Waals surface area contributed by atoms with Gasteiger partial charge in [0.05, 0.1) is 13.7 Å². The number of nitrogens with one attached hydrogen (secondary N) is 1.